The number of carbonyl (C=O) groups excluding carboxylic acids is 2. The van der Waals surface area contributed by atoms with E-state index in [9.17, 15) is 19.7 Å². The van der Waals surface area contributed by atoms with E-state index in [0.717, 1.165) is 0 Å². The number of benzene rings is 2. The SMILES string of the molecule is COc1ccc(Cl)cc1C(=O)OCC(=O)Nc1ccc([N+](=O)[O-])cc1C. The number of halogens is 1. The van der Waals surface area contributed by atoms with Gasteiger partial charge in [-0.05, 0) is 36.8 Å². The minimum atomic E-state index is -0.764. The molecule has 0 saturated carbocycles. The van der Waals surface area contributed by atoms with Crippen molar-refractivity contribution in [2.45, 2.75) is 6.92 Å². The number of nitro benzene ring substituents is 1. The number of nitrogens with one attached hydrogen (secondary N) is 1. The van der Waals surface area contributed by atoms with Crippen LogP contribution in [0.25, 0.3) is 0 Å². The van der Waals surface area contributed by atoms with Crippen molar-refractivity contribution in [3.8, 4) is 5.75 Å². The number of hydrogen-bond donors (Lipinski definition) is 1. The molecule has 0 aromatic heterocycles. The number of rotatable bonds is 6. The van der Waals surface area contributed by atoms with Gasteiger partial charge in [0.15, 0.2) is 6.61 Å². The highest BCUT2D eigenvalue weighted by molar-refractivity contribution is 6.31. The number of non-ortho nitro benzene ring substituents is 1. The Morgan fingerprint density at radius 3 is 2.58 bits per heavy atom. The van der Waals surface area contributed by atoms with Gasteiger partial charge in [0.05, 0.1) is 12.0 Å². The molecule has 2 rings (SSSR count). The van der Waals surface area contributed by atoms with Crippen LogP contribution in [0.4, 0.5) is 11.4 Å². The Morgan fingerprint density at radius 1 is 1.23 bits per heavy atom. The second kappa shape index (κ2) is 8.30. The number of amides is 1. The molecule has 1 N–H and O–H groups in total. The van der Waals surface area contributed by atoms with Gasteiger partial charge in [0.2, 0.25) is 0 Å². The molecule has 0 aliphatic rings. The van der Waals surface area contributed by atoms with Gasteiger partial charge in [-0.3, -0.25) is 14.9 Å². The zero-order valence-corrected chi connectivity index (χ0v) is 14.7. The standard InChI is InChI=1S/C17H15ClN2O6/c1-10-7-12(20(23)24)4-5-14(10)19-16(21)9-26-17(22)13-8-11(18)3-6-15(13)25-2/h3-8H,9H2,1-2H3,(H,19,21). The van der Waals surface area contributed by atoms with E-state index >= 15 is 0 Å². The minimum absolute atomic E-state index is 0.0834. The fourth-order valence-electron chi connectivity index (χ4n) is 2.14. The monoisotopic (exact) mass is 378 g/mol. The second-order valence-electron chi connectivity index (χ2n) is 5.23. The molecule has 9 heteroatoms. The van der Waals surface area contributed by atoms with Gasteiger partial charge in [0, 0.05) is 22.8 Å². The zero-order valence-electron chi connectivity index (χ0n) is 13.9. The number of methoxy groups -OCH3 is 1. The van der Waals surface area contributed by atoms with Crippen LogP contribution in [0.15, 0.2) is 36.4 Å². The maximum atomic E-state index is 12.1. The maximum absolute atomic E-state index is 12.1. The predicted molar refractivity (Wildman–Crippen MR) is 94.7 cm³/mol. The van der Waals surface area contributed by atoms with Crippen LogP contribution in [0.5, 0.6) is 5.75 Å². The van der Waals surface area contributed by atoms with Crippen LogP contribution in [0, 0.1) is 17.0 Å². The van der Waals surface area contributed by atoms with Crippen molar-refractivity contribution in [1.29, 1.82) is 0 Å². The Kier molecular flexibility index (Phi) is 6.13. The Hall–Kier alpha value is -3.13. The minimum Gasteiger partial charge on any atom is -0.496 e. The Labute approximate surface area is 153 Å². The van der Waals surface area contributed by atoms with E-state index in [0.29, 0.717) is 16.3 Å². The number of carbonyl (C=O) groups is 2. The van der Waals surface area contributed by atoms with Gasteiger partial charge in [0.1, 0.15) is 11.3 Å². The summed E-state index contributed by atoms with van der Waals surface area (Å²) in [5.74, 6) is -1.08. The normalized spacial score (nSPS) is 10.1. The molecule has 2 aromatic carbocycles. The van der Waals surface area contributed by atoms with Crippen LogP contribution in [0.1, 0.15) is 15.9 Å². The largest absolute Gasteiger partial charge is 0.496 e. The van der Waals surface area contributed by atoms with Crippen molar-refractivity contribution in [3.63, 3.8) is 0 Å². The zero-order chi connectivity index (χ0) is 19.3. The molecule has 2 aromatic rings. The molecule has 0 aliphatic carbocycles. The third kappa shape index (κ3) is 4.70. The number of hydrogen-bond acceptors (Lipinski definition) is 6. The number of ether oxygens (including phenoxy) is 2. The van der Waals surface area contributed by atoms with Crippen LogP contribution < -0.4 is 10.1 Å². The first-order chi connectivity index (χ1) is 12.3. The van der Waals surface area contributed by atoms with Crippen molar-refractivity contribution < 1.29 is 24.0 Å². The summed E-state index contributed by atoms with van der Waals surface area (Å²) in [5.41, 5.74) is 0.909. The fourth-order valence-corrected chi connectivity index (χ4v) is 2.31. The molecule has 0 radical (unpaired) electrons. The predicted octanol–water partition coefficient (Wildman–Crippen LogP) is 3.36. The molecular weight excluding hydrogens is 364 g/mol. The molecule has 0 unspecified atom stereocenters. The molecule has 0 spiro atoms. The van der Waals surface area contributed by atoms with Gasteiger partial charge >= 0.3 is 5.97 Å². The van der Waals surface area contributed by atoms with E-state index in [1.807, 2.05) is 0 Å². The third-order valence-electron chi connectivity index (χ3n) is 3.41. The van der Waals surface area contributed by atoms with E-state index in [4.69, 9.17) is 21.1 Å². The lowest BCUT2D eigenvalue weighted by Gasteiger charge is -2.10. The molecule has 0 saturated heterocycles. The highest BCUT2D eigenvalue weighted by atomic mass is 35.5. The first-order valence-corrected chi connectivity index (χ1v) is 7.75. The summed E-state index contributed by atoms with van der Waals surface area (Å²) < 4.78 is 10.0. The highest BCUT2D eigenvalue weighted by Gasteiger charge is 2.17. The Bertz CT molecular complexity index is 868. The highest BCUT2D eigenvalue weighted by Crippen LogP contribution is 2.24. The number of esters is 1. The van der Waals surface area contributed by atoms with Crippen molar-refractivity contribution in [2.75, 3.05) is 19.0 Å². The molecule has 0 aliphatic heterocycles. The van der Waals surface area contributed by atoms with Crippen molar-refractivity contribution in [1.82, 2.24) is 0 Å². The fraction of sp³-hybridized carbons (Fsp3) is 0.176. The van der Waals surface area contributed by atoms with E-state index in [1.165, 1.54) is 37.4 Å². The van der Waals surface area contributed by atoms with E-state index < -0.39 is 23.4 Å². The van der Waals surface area contributed by atoms with E-state index in [-0.39, 0.29) is 17.0 Å². The molecule has 0 heterocycles. The molecule has 26 heavy (non-hydrogen) atoms. The van der Waals surface area contributed by atoms with E-state index in [1.54, 1.807) is 13.0 Å². The first-order valence-electron chi connectivity index (χ1n) is 7.37. The molecule has 8 nitrogen and oxygen atoms in total. The van der Waals surface area contributed by atoms with Gasteiger partial charge in [-0.15, -0.1) is 0 Å². The molecule has 0 atom stereocenters. The Morgan fingerprint density at radius 2 is 1.96 bits per heavy atom. The second-order valence-corrected chi connectivity index (χ2v) is 5.66. The number of nitro groups is 1. The maximum Gasteiger partial charge on any atom is 0.342 e. The molecule has 0 fully saturated rings. The van der Waals surface area contributed by atoms with Crippen LogP contribution >= 0.6 is 11.6 Å². The topological polar surface area (TPSA) is 108 Å². The van der Waals surface area contributed by atoms with Gasteiger partial charge < -0.3 is 14.8 Å². The van der Waals surface area contributed by atoms with Gasteiger partial charge in [0.25, 0.3) is 11.6 Å². The summed E-state index contributed by atoms with van der Waals surface area (Å²) >= 11 is 5.85. The lowest BCUT2D eigenvalue weighted by molar-refractivity contribution is -0.384. The summed E-state index contributed by atoms with van der Waals surface area (Å²) in [6.45, 7) is 1.08. The quantitative estimate of drug-likeness (QED) is 0.469. The van der Waals surface area contributed by atoms with Crippen LogP contribution in [0.3, 0.4) is 0 Å². The summed E-state index contributed by atoms with van der Waals surface area (Å²) in [5, 5.41) is 13.6. The van der Waals surface area contributed by atoms with Crippen LogP contribution in [0.2, 0.25) is 5.02 Å². The molecule has 1 amide bonds. The Balaban J connectivity index is 2.00. The third-order valence-corrected chi connectivity index (χ3v) is 3.65. The summed E-state index contributed by atoms with van der Waals surface area (Å²) in [6, 6.07) is 8.46. The number of aryl methyl sites for hydroxylation is 1. The van der Waals surface area contributed by atoms with Crippen molar-refractivity contribution in [3.05, 3.63) is 62.7 Å². The average Bonchev–Trinajstić information content (AvgIpc) is 2.61. The molecule has 136 valence electrons. The van der Waals surface area contributed by atoms with E-state index in [2.05, 4.69) is 5.32 Å². The van der Waals surface area contributed by atoms with Gasteiger partial charge in [-0.2, -0.15) is 0 Å². The summed E-state index contributed by atoms with van der Waals surface area (Å²) in [7, 11) is 1.39. The average molecular weight is 379 g/mol. The molecular formula is C17H15ClN2O6. The van der Waals surface area contributed by atoms with Gasteiger partial charge in [-0.25, -0.2) is 4.79 Å². The summed E-state index contributed by atoms with van der Waals surface area (Å²) in [6.07, 6.45) is 0. The van der Waals surface area contributed by atoms with Gasteiger partial charge in [-0.1, -0.05) is 11.6 Å². The smallest absolute Gasteiger partial charge is 0.342 e. The van der Waals surface area contributed by atoms with Crippen molar-refractivity contribution >= 4 is 34.9 Å². The van der Waals surface area contributed by atoms with Crippen LogP contribution in [-0.2, 0) is 9.53 Å². The lowest BCUT2D eigenvalue weighted by Crippen LogP contribution is -2.21. The lowest BCUT2D eigenvalue weighted by atomic mass is 10.2. The number of anilines is 1. The van der Waals surface area contributed by atoms with Crippen LogP contribution in [-0.4, -0.2) is 30.5 Å². The first kappa shape index (κ1) is 19.2. The van der Waals surface area contributed by atoms with Crippen molar-refractivity contribution in [2.24, 2.45) is 0 Å². The number of nitrogens with zero attached hydrogens (tertiary/aromatic N) is 1. The molecule has 0 bridgehead atoms. The summed E-state index contributed by atoms with van der Waals surface area (Å²) in [4.78, 5) is 34.3.